The summed E-state index contributed by atoms with van der Waals surface area (Å²) in [6, 6.07) is 6.43. The van der Waals surface area contributed by atoms with Crippen molar-refractivity contribution >= 4 is 27.9 Å². The largest absolute Gasteiger partial charge is 0.480 e. The zero-order chi connectivity index (χ0) is 15.2. The molecule has 0 heterocycles. The minimum Gasteiger partial charge on any atom is -0.480 e. The van der Waals surface area contributed by atoms with Gasteiger partial charge in [-0.15, -0.1) is 0 Å². The van der Waals surface area contributed by atoms with Crippen molar-refractivity contribution in [2.45, 2.75) is 25.2 Å². The molecule has 0 aromatic heterocycles. The van der Waals surface area contributed by atoms with E-state index in [9.17, 15) is 19.1 Å². The highest BCUT2D eigenvalue weighted by atomic mass is 79.9. The highest BCUT2D eigenvalue weighted by Crippen LogP contribution is 2.33. The molecule has 0 saturated heterocycles. The summed E-state index contributed by atoms with van der Waals surface area (Å²) in [6.45, 7) is 0.973. The smallest absolute Gasteiger partial charge is 0.328 e. The quantitative estimate of drug-likeness (QED) is 0.608. The van der Waals surface area contributed by atoms with E-state index in [2.05, 4.69) is 15.9 Å². The summed E-state index contributed by atoms with van der Waals surface area (Å²) in [6.07, 6.45) is -0.175. The fourth-order valence-corrected chi connectivity index (χ4v) is 2.42. The van der Waals surface area contributed by atoms with Gasteiger partial charge in [0, 0.05) is 4.47 Å². The first-order chi connectivity index (χ1) is 9.48. The first-order valence-electron chi connectivity index (χ1n) is 6.21. The van der Waals surface area contributed by atoms with Crippen LogP contribution in [-0.2, 0) is 19.7 Å². The maximum Gasteiger partial charge on any atom is 0.328 e. The van der Waals surface area contributed by atoms with E-state index in [1.54, 1.807) is 25.1 Å². The molecule has 0 aliphatic rings. The number of carbonyl (C=O) groups is 2. The lowest BCUT2D eigenvalue weighted by molar-refractivity contribution is -0.162. The number of carbonyl (C=O) groups excluding carboxylic acids is 1. The van der Waals surface area contributed by atoms with E-state index in [0.29, 0.717) is 4.47 Å². The van der Waals surface area contributed by atoms with Crippen molar-refractivity contribution in [1.82, 2.24) is 0 Å². The van der Waals surface area contributed by atoms with Crippen LogP contribution in [0.2, 0.25) is 0 Å². The second-order valence-corrected chi connectivity index (χ2v) is 5.15. The fraction of sp³-hybridized carbons (Fsp3) is 0.429. The summed E-state index contributed by atoms with van der Waals surface area (Å²) in [4.78, 5) is 23.9. The number of ether oxygens (including phenoxy) is 1. The molecule has 0 bridgehead atoms. The van der Waals surface area contributed by atoms with Crippen LogP contribution in [0.25, 0.3) is 0 Å². The summed E-state index contributed by atoms with van der Waals surface area (Å²) in [5.74, 6) is -2.19. The summed E-state index contributed by atoms with van der Waals surface area (Å²) in [5.41, 5.74) is -1.59. The molecule has 0 spiro atoms. The van der Waals surface area contributed by atoms with Crippen molar-refractivity contribution in [2.24, 2.45) is 0 Å². The number of alkyl halides is 1. The fourth-order valence-electron chi connectivity index (χ4n) is 2.02. The average molecular weight is 347 g/mol. The second kappa shape index (κ2) is 7.38. The van der Waals surface area contributed by atoms with Crippen LogP contribution in [0.1, 0.15) is 25.3 Å². The van der Waals surface area contributed by atoms with E-state index in [1.807, 2.05) is 0 Å². The average Bonchev–Trinajstić information content (AvgIpc) is 2.39. The van der Waals surface area contributed by atoms with Gasteiger partial charge in [-0.05, 0) is 37.5 Å². The molecule has 1 aromatic rings. The predicted octanol–water partition coefficient (Wildman–Crippen LogP) is 3.08. The normalized spacial score (nSPS) is 13.6. The molecule has 0 aliphatic carbocycles. The molecule has 20 heavy (non-hydrogen) atoms. The van der Waals surface area contributed by atoms with Crippen LogP contribution in [0, 0.1) is 0 Å². The van der Waals surface area contributed by atoms with Crippen molar-refractivity contribution < 1.29 is 23.8 Å². The van der Waals surface area contributed by atoms with Gasteiger partial charge in [0.25, 0.3) is 0 Å². The Bertz CT molecular complexity index is 492. The van der Waals surface area contributed by atoms with Crippen molar-refractivity contribution in [3.63, 3.8) is 0 Å². The molecular formula is C14H16BrFO4. The van der Waals surface area contributed by atoms with E-state index >= 15 is 0 Å². The number of carboxylic acid groups (broad SMARTS) is 1. The lowest BCUT2D eigenvalue weighted by atomic mass is 9.76. The molecule has 1 atom stereocenters. The zero-order valence-corrected chi connectivity index (χ0v) is 12.7. The molecule has 6 heteroatoms. The minimum atomic E-state index is -1.87. The predicted molar refractivity (Wildman–Crippen MR) is 75.3 cm³/mol. The molecule has 0 saturated carbocycles. The van der Waals surface area contributed by atoms with Gasteiger partial charge in [-0.2, -0.15) is 0 Å². The SMILES string of the molecule is CCOC(=O)C(CCCF)(C(=O)O)c1cccc(Br)c1. The Morgan fingerprint density at radius 2 is 2.15 bits per heavy atom. The first-order valence-corrected chi connectivity index (χ1v) is 7.01. The van der Waals surface area contributed by atoms with Gasteiger partial charge in [-0.1, -0.05) is 28.1 Å². The molecule has 1 N–H and O–H groups in total. The summed E-state index contributed by atoms with van der Waals surface area (Å²) in [7, 11) is 0. The summed E-state index contributed by atoms with van der Waals surface area (Å²) >= 11 is 3.24. The third-order valence-electron chi connectivity index (χ3n) is 2.99. The standard InChI is InChI=1S/C14H16BrFO4/c1-2-20-13(19)14(12(17)18,7-4-8-16)10-5-3-6-11(15)9-10/h3,5-6,9H,2,4,7-8H2,1H3,(H,17,18). The summed E-state index contributed by atoms with van der Waals surface area (Å²) in [5, 5.41) is 9.55. The number of rotatable bonds is 7. The highest BCUT2D eigenvalue weighted by molar-refractivity contribution is 9.10. The number of carboxylic acids is 1. The van der Waals surface area contributed by atoms with Crippen LogP contribution in [0.5, 0.6) is 0 Å². The van der Waals surface area contributed by atoms with Crippen molar-refractivity contribution in [3.05, 3.63) is 34.3 Å². The molecule has 110 valence electrons. The maximum absolute atomic E-state index is 12.5. The lowest BCUT2D eigenvalue weighted by Crippen LogP contribution is -2.45. The molecular weight excluding hydrogens is 331 g/mol. The topological polar surface area (TPSA) is 63.6 Å². The van der Waals surface area contributed by atoms with Crippen LogP contribution in [0.4, 0.5) is 4.39 Å². The minimum absolute atomic E-state index is 0.0301. The van der Waals surface area contributed by atoms with Gasteiger partial charge in [0.15, 0.2) is 5.41 Å². The van der Waals surface area contributed by atoms with Gasteiger partial charge in [-0.3, -0.25) is 14.0 Å². The van der Waals surface area contributed by atoms with Gasteiger partial charge in [-0.25, -0.2) is 0 Å². The van der Waals surface area contributed by atoms with Crippen LogP contribution in [0.3, 0.4) is 0 Å². The molecule has 0 amide bonds. The number of esters is 1. The number of halogens is 2. The monoisotopic (exact) mass is 346 g/mol. The van der Waals surface area contributed by atoms with Crippen molar-refractivity contribution in [2.75, 3.05) is 13.3 Å². The van der Waals surface area contributed by atoms with Crippen LogP contribution >= 0.6 is 15.9 Å². The number of benzene rings is 1. The van der Waals surface area contributed by atoms with Crippen molar-refractivity contribution in [1.29, 1.82) is 0 Å². The molecule has 0 fully saturated rings. The molecule has 1 rings (SSSR count). The number of hydrogen-bond acceptors (Lipinski definition) is 3. The van der Waals surface area contributed by atoms with Gasteiger partial charge < -0.3 is 9.84 Å². The molecule has 1 unspecified atom stereocenters. The Balaban J connectivity index is 3.36. The van der Waals surface area contributed by atoms with Crippen LogP contribution in [-0.4, -0.2) is 30.3 Å². The summed E-state index contributed by atoms with van der Waals surface area (Å²) < 4.78 is 18.0. The van der Waals surface area contributed by atoms with E-state index in [-0.39, 0.29) is 25.0 Å². The lowest BCUT2D eigenvalue weighted by Gasteiger charge is -2.27. The van der Waals surface area contributed by atoms with E-state index in [1.165, 1.54) is 6.07 Å². The zero-order valence-electron chi connectivity index (χ0n) is 11.1. The Hall–Kier alpha value is -1.43. The Kier molecular flexibility index (Phi) is 6.13. The third-order valence-corrected chi connectivity index (χ3v) is 3.49. The Labute approximate surface area is 125 Å². The Morgan fingerprint density at radius 3 is 2.65 bits per heavy atom. The van der Waals surface area contributed by atoms with E-state index in [4.69, 9.17) is 4.74 Å². The van der Waals surface area contributed by atoms with Gasteiger partial charge in [0.1, 0.15) is 0 Å². The van der Waals surface area contributed by atoms with Crippen LogP contribution in [0.15, 0.2) is 28.7 Å². The van der Waals surface area contributed by atoms with E-state index in [0.717, 1.165) is 0 Å². The number of hydrogen-bond donors (Lipinski definition) is 1. The maximum atomic E-state index is 12.5. The highest BCUT2D eigenvalue weighted by Gasteiger charge is 2.49. The van der Waals surface area contributed by atoms with Crippen molar-refractivity contribution in [3.8, 4) is 0 Å². The van der Waals surface area contributed by atoms with E-state index < -0.39 is 24.0 Å². The second-order valence-electron chi connectivity index (χ2n) is 4.23. The first kappa shape index (κ1) is 16.6. The Morgan fingerprint density at radius 1 is 1.45 bits per heavy atom. The number of aliphatic carboxylic acids is 1. The van der Waals surface area contributed by atoms with Gasteiger partial charge in [0.2, 0.25) is 0 Å². The van der Waals surface area contributed by atoms with Gasteiger partial charge in [0.05, 0.1) is 13.3 Å². The molecule has 0 radical (unpaired) electrons. The molecule has 1 aromatic carbocycles. The molecule has 4 nitrogen and oxygen atoms in total. The molecule has 0 aliphatic heterocycles. The third kappa shape index (κ3) is 3.36. The van der Waals surface area contributed by atoms with Gasteiger partial charge >= 0.3 is 11.9 Å². The van der Waals surface area contributed by atoms with Crippen LogP contribution < -0.4 is 0 Å².